The van der Waals surface area contributed by atoms with Crippen molar-refractivity contribution >= 4 is 39.6 Å². The van der Waals surface area contributed by atoms with Gasteiger partial charge >= 0.3 is 0 Å². The second-order valence-electron chi connectivity index (χ2n) is 11.8. The van der Waals surface area contributed by atoms with Gasteiger partial charge in [-0.05, 0) is 43.2 Å². The predicted molar refractivity (Wildman–Crippen MR) is 172 cm³/mol. The third-order valence-electron chi connectivity index (χ3n) is 8.90. The molecule has 6 aromatic rings. The Morgan fingerprint density at radius 2 is 1.91 bits per heavy atom. The summed E-state index contributed by atoms with van der Waals surface area (Å²) in [7, 11) is 3.28. The number of aromatic nitrogens is 7. The molecule has 2 aromatic carbocycles. The van der Waals surface area contributed by atoms with Crippen LogP contribution in [0.4, 0.5) is 20.4 Å². The van der Waals surface area contributed by atoms with Crippen LogP contribution in [0.1, 0.15) is 12.8 Å². The van der Waals surface area contributed by atoms with Gasteiger partial charge in [0.1, 0.15) is 47.1 Å². The number of rotatable bonds is 3. The number of likely N-dealkylation sites (N-methyl/N-ethyl adjacent to an activating group) is 1. The summed E-state index contributed by atoms with van der Waals surface area (Å²) in [5, 5.41) is 8.72. The van der Waals surface area contributed by atoms with Crippen molar-refractivity contribution in [1.29, 1.82) is 0 Å². The lowest BCUT2D eigenvalue weighted by molar-refractivity contribution is -0.131. The molecule has 238 valence electrons. The van der Waals surface area contributed by atoms with Crippen LogP contribution in [0, 0.1) is 11.6 Å². The number of amides is 1. The summed E-state index contributed by atoms with van der Waals surface area (Å²) in [6.07, 6.45) is 5.96. The number of nitrogens with zero attached hydrogens (tertiary/aromatic N) is 9. The largest absolute Gasteiger partial charge is 0.494 e. The number of imidazole rings is 1. The van der Waals surface area contributed by atoms with Gasteiger partial charge in [0.2, 0.25) is 5.91 Å². The molecule has 47 heavy (non-hydrogen) atoms. The maximum Gasteiger partial charge on any atom is 0.245 e. The van der Waals surface area contributed by atoms with Gasteiger partial charge in [0.15, 0.2) is 5.65 Å². The minimum Gasteiger partial charge on any atom is -0.494 e. The van der Waals surface area contributed by atoms with Gasteiger partial charge in [-0.3, -0.25) is 4.79 Å². The number of anilines is 2. The number of pyridine rings is 1. The molecule has 12 nitrogen and oxygen atoms in total. The highest BCUT2D eigenvalue weighted by molar-refractivity contribution is 5.93. The molecule has 8 rings (SSSR count). The van der Waals surface area contributed by atoms with Gasteiger partial charge < -0.3 is 24.4 Å². The first-order valence-electron chi connectivity index (χ1n) is 15.3. The summed E-state index contributed by atoms with van der Waals surface area (Å²) >= 11 is 0. The van der Waals surface area contributed by atoms with Gasteiger partial charge in [-0.2, -0.15) is 5.10 Å². The van der Waals surface area contributed by atoms with Gasteiger partial charge in [0.05, 0.1) is 41.7 Å². The lowest BCUT2D eigenvalue weighted by Gasteiger charge is -2.29. The van der Waals surface area contributed by atoms with Crippen LogP contribution >= 0.6 is 0 Å². The van der Waals surface area contributed by atoms with Crippen LogP contribution in [0.25, 0.3) is 39.0 Å². The first-order chi connectivity index (χ1) is 22.9. The highest BCUT2D eigenvalue weighted by atomic mass is 19.1. The van der Waals surface area contributed by atoms with E-state index < -0.39 is 11.9 Å². The zero-order chi connectivity index (χ0) is 32.2. The second-order valence-corrected chi connectivity index (χ2v) is 11.8. The number of aryl methyl sites for hydroxylation is 1. The van der Waals surface area contributed by atoms with Crippen LogP contribution < -0.4 is 15.0 Å². The third kappa shape index (κ3) is 4.96. The lowest BCUT2D eigenvalue weighted by atomic mass is 10.1. The third-order valence-corrected chi connectivity index (χ3v) is 8.90. The molecule has 6 heterocycles. The number of methoxy groups -OCH3 is 1. The number of nitrogens with one attached hydrogen (secondary N) is 1. The predicted octanol–water partition coefficient (Wildman–Crippen LogP) is 4.44. The maximum atomic E-state index is 14.7. The molecule has 1 saturated heterocycles. The molecule has 14 heteroatoms. The molecule has 0 radical (unpaired) electrons. The number of benzene rings is 2. The van der Waals surface area contributed by atoms with E-state index in [1.807, 2.05) is 34.7 Å². The minimum atomic E-state index is -0.529. The van der Waals surface area contributed by atoms with Crippen LogP contribution in [0.5, 0.6) is 5.75 Å². The monoisotopic (exact) mass is 636 g/mol. The fourth-order valence-electron chi connectivity index (χ4n) is 6.73. The SMILES string of the molecule is COc1cc(F)ccc1-n1ncc2c(N3C[C@@H]4C[C@H]3C(=O)N(C)CCCn3cnc5cc(F)cc(c53)-c3cccc(n3)N4)ncnc21. The molecule has 0 spiro atoms. The van der Waals surface area contributed by atoms with Crippen LogP contribution in [0.15, 0.2) is 67.4 Å². The molecule has 2 atom stereocenters. The Kier molecular flexibility index (Phi) is 6.92. The first-order valence-corrected chi connectivity index (χ1v) is 15.3. The Morgan fingerprint density at radius 1 is 1.02 bits per heavy atom. The Morgan fingerprint density at radius 3 is 2.79 bits per heavy atom. The Balaban J connectivity index is 1.19. The van der Waals surface area contributed by atoms with E-state index in [0.29, 0.717) is 83.4 Å². The highest BCUT2D eigenvalue weighted by Gasteiger charge is 2.40. The standard InChI is InChI=1S/C33H30F2N10O2/c1-42-9-4-10-43-18-38-25-12-20(35)11-22(30(25)43)24-5-3-6-29(41-24)40-21-14-27(33(42)46)44(16-21)31-23-15-39-45(32(23)37-17-36-31)26-8-7-19(34)13-28(26)47-2/h3,5-8,11-13,15,17-18,21,27H,4,9-10,14,16H2,1-2H3,(H,40,41)/t21-,27-/m0/s1. The fourth-order valence-corrected chi connectivity index (χ4v) is 6.73. The van der Waals surface area contributed by atoms with E-state index in [1.165, 1.54) is 37.7 Å². The normalized spacial score (nSPS) is 18.3. The maximum absolute atomic E-state index is 14.7. The Bertz CT molecular complexity index is 2160. The van der Waals surface area contributed by atoms with Crippen molar-refractivity contribution in [3.05, 3.63) is 79.0 Å². The molecule has 1 N–H and O–H groups in total. The van der Waals surface area contributed by atoms with E-state index in [2.05, 4.69) is 25.4 Å². The molecule has 0 unspecified atom stereocenters. The van der Waals surface area contributed by atoms with Gasteiger partial charge in [-0.1, -0.05) is 6.07 Å². The summed E-state index contributed by atoms with van der Waals surface area (Å²) < 4.78 is 37.7. The van der Waals surface area contributed by atoms with E-state index in [-0.39, 0.29) is 17.8 Å². The summed E-state index contributed by atoms with van der Waals surface area (Å²) in [6, 6.07) is 12.0. The van der Waals surface area contributed by atoms with Gasteiger partial charge in [-0.25, -0.2) is 33.4 Å². The number of carbonyl (C=O) groups excluding carboxylic acids is 1. The summed E-state index contributed by atoms with van der Waals surface area (Å²) in [5.41, 5.74) is 3.65. The van der Waals surface area contributed by atoms with Crippen molar-refractivity contribution < 1.29 is 18.3 Å². The van der Waals surface area contributed by atoms with E-state index >= 15 is 0 Å². The molecule has 0 saturated carbocycles. The molecular weight excluding hydrogens is 606 g/mol. The number of halogens is 2. The van der Waals surface area contributed by atoms with E-state index in [4.69, 9.17) is 9.72 Å². The van der Waals surface area contributed by atoms with Crippen LogP contribution in [0.2, 0.25) is 0 Å². The molecule has 1 amide bonds. The minimum absolute atomic E-state index is 0.0384. The van der Waals surface area contributed by atoms with Crippen molar-refractivity contribution in [2.24, 2.45) is 0 Å². The topological polar surface area (TPSA) is 119 Å². The molecule has 2 aliphatic heterocycles. The molecule has 2 aliphatic rings. The zero-order valence-electron chi connectivity index (χ0n) is 25.6. The van der Waals surface area contributed by atoms with Crippen molar-refractivity contribution in [3.8, 4) is 22.7 Å². The summed E-state index contributed by atoms with van der Waals surface area (Å²) in [4.78, 5) is 36.3. The first kappa shape index (κ1) is 28.8. The quantitative estimate of drug-likeness (QED) is 0.301. The number of ether oxygens (including phenoxy) is 1. The molecule has 4 bridgehead atoms. The van der Waals surface area contributed by atoms with Crippen molar-refractivity contribution in [1.82, 2.24) is 39.2 Å². The molecule has 4 aromatic heterocycles. The van der Waals surface area contributed by atoms with Crippen LogP contribution in [-0.4, -0.2) is 84.4 Å². The number of fused-ring (bicyclic) bond motifs is 6. The molecule has 0 aliphatic carbocycles. The van der Waals surface area contributed by atoms with Crippen molar-refractivity contribution in [2.45, 2.75) is 31.5 Å². The summed E-state index contributed by atoms with van der Waals surface area (Å²) in [6.45, 7) is 1.54. The van der Waals surface area contributed by atoms with Gasteiger partial charge in [-0.15, -0.1) is 0 Å². The number of carbonyl (C=O) groups is 1. The van der Waals surface area contributed by atoms with Crippen LogP contribution in [-0.2, 0) is 11.3 Å². The lowest BCUT2D eigenvalue weighted by Crippen LogP contribution is -2.45. The van der Waals surface area contributed by atoms with Crippen molar-refractivity contribution in [3.63, 3.8) is 0 Å². The number of hydrogen-bond donors (Lipinski definition) is 1. The van der Waals surface area contributed by atoms with Gasteiger partial charge in [0.25, 0.3) is 0 Å². The fraction of sp³-hybridized carbons (Fsp3) is 0.273. The van der Waals surface area contributed by atoms with Crippen LogP contribution in [0.3, 0.4) is 0 Å². The van der Waals surface area contributed by atoms with Crippen molar-refractivity contribution in [2.75, 3.05) is 37.5 Å². The van der Waals surface area contributed by atoms with Gasteiger partial charge in [0, 0.05) is 50.4 Å². The van der Waals surface area contributed by atoms with E-state index in [0.717, 1.165) is 5.52 Å². The molecular formula is C33H30F2N10O2. The highest BCUT2D eigenvalue weighted by Crippen LogP contribution is 2.35. The van der Waals surface area contributed by atoms with E-state index in [9.17, 15) is 13.6 Å². The average molecular weight is 637 g/mol. The Hall–Kier alpha value is -5.66. The molecule has 1 fully saturated rings. The summed E-state index contributed by atoms with van der Waals surface area (Å²) in [5.74, 6) is 0.623. The average Bonchev–Trinajstić information content (AvgIpc) is 3.81. The zero-order valence-corrected chi connectivity index (χ0v) is 25.6. The van der Waals surface area contributed by atoms with E-state index in [1.54, 1.807) is 28.2 Å². The Labute approximate surface area is 267 Å². The number of hydrogen-bond acceptors (Lipinski definition) is 9. The second kappa shape index (κ2) is 11.3. The smallest absolute Gasteiger partial charge is 0.245 e.